The van der Waals surface area contributed by atoms with Gasteiger partial charge in [-0.25, -0.2) is 4.39 Å². The van der Waals surface area contributed by atoms with Crippen molar-refractivity contribution in [3.8, 4) is 0 Å². The van der Waals surface area contributed by atoms with E-state index in [2.05, 4.69) is 17.6 Å². The Bertz CT molecular complexity index is 654. The van der Waals surface area contributed by atoms with Gasteiger partial charge in [-0.15, -0.1) is 11.8 Å². The molecule has 8 heteroatoms. The van der Waals surface area contributed by atoms with E-state index in [1.807, 2.05) is 0 Å². The third-order valence-corrected chi connectivity index (χ3v) is 5.31. The number of hydrogen-bond acceptors (Lipinski definition) is 5. The van der Waals surface area contributed by atoms with Crippen molar-refractivity contribution in [3.63, 3.8) is 0 Å². The van der Waals surface area contributed by atoms with Crippen LogP contribution in [0.1, 0.15) is 32.6 Å². The maximum Gasteiger partial charge on any atom is 0.316 e. The number of anilines is 1. The van der Waals surface area contributed by atoms with E-state index in [4.69, 9.17) is 4.74 Å². The van der Waals surface area contributed by atoms with Crippen LogP contribution < -0.4 is 10.6 Å². The van der Waals surface area contributed by atoms with Gasteiger partial charge in [-0.05, 0) is 43.0 Å². The van der Waals surface area contributed by atoms with E-state index >= 15 is 0 Å². The molecular weight excluding hydrogens is 371 g/mol. The minimum atomic E-state index is -0.540. The molecule has 0 aliphatic heterocycles. The number of carbonyl (C=O) groups excluding carboxylic acids is 3. The molecule has 0 unspecified atom stereocenters. The van der Waals surface area contributed by atoms with Crippen molar-refractivity contribution in [1.29, 1.82) is 0 Å². The molecule has 1 aliphatic rings. The topological polar surface area (TPSA) is 84.5 Å². The number of ether oxygens (including phenoxy) is 1. The second-order valence-corrected chi connectivity index (χ2v) is 7.63. The van der Waals surface area contributed by atoms with Crippen LogP contribution in [0.15, 0.2) is 24.3 Å². The normalized spacial score (nSPS) is 19.2. The highest BCUT2D eigenvalue weighted by molar-refractivity contribution is 8.00. The van der Waals surface area contributed by atoms with Crippen LogP contribution in [0.2, 0.25) is 0 Å². The molecule has 1 saturated carbocycles. The summed E-state index contributed by atoms with van der Waals surface area (Å²) in [4.78, 5) is 35.3. The lowest BCUT2D eigenvalue weighted by Gasteiger charge is -2.29. The van der Waals surface area contributed by atoms with Crippen LogP contribution in [-0.2, 0) is 19.1 Å². The van der Waals surface area contributed by atoms with E-state index in [0.717, 1.165) is 31.0 Å². The SMILES string of the molecule is C[C@H]1CCCC[C@H]1NC(=O)COC(=O)CSCC(=O)Nc1ccc(F)cc1. The van der Waals surface area contributed by atoms with Gasteiger partial charge in [0, 0.05) is 11.7 Å². The van der Waals surface area contributed by atoms with E-state index in [0.29, 0.717) is 11.6 Å². The van der Waals surface area contributed by atoms with E-state index < -0.39 is 5.97 Å². The van der Waals surface area contributed by atoms with Gasteiger partial charge in [-0.1, -0.05) is 19.8 Å². The maximum atomic E-state index is 12.8. The molecule has 1 fully saturated rings. The molecular formula is C19H25FN2O4S. The van der Waals surface area contributed by atoms with Gasteiger partial charge in [-0.2, -0.15) is 0 Å². The van der Waals surface area contributed by atoms with Crippen molar-refractivity contribution >= 4 is 35.2 Å². The van der Waals surface area contributed by atoms with Crippen LogP contribution >= 0.6 is 11.8 Å². The Morgan fingerprint density at radius 1 is 1.11 bits per heavy atom. The summed E-state index contributed by atoms with van der Waals surface area (Å²) in [5, 5.41) is 5.52. The molecule has 1 aliphatic carbocycles. The fourth-order valence-corrected chi connectivity index (χ4v) is 3.53. The Kier molecular flexibility index (Phi) is 8.57. The largest absolute Gasteiger partial charge is 0.455 e. The van der Waals surface area contributed by atoms with Crippen LogP contribution in [0.3, 0.4) is 0 Å². The highest BCUT2D eigenvalue weighted by Crippen LogP contribution is 2.23. The van der Waals surface area contributed by atoms with Crippen molar-refractivity contribution in [1.82, 2.24) is 5.32 Å². The number of esters is 1. The Hall–Kier alpha value is -2.09. The molecule has 6 nitrogen and oxygen atoms in total. The maximum absolute atomic E-state index is 12.8. The van der Waals surface area contributed by atoms with Crippen molar-refractivity contribution in [2.45, 2.75) is 38.6 Å². The molecule has 2 amide bonds. The molecule has 0 aromatic heterocycles. The highest BCUT2D eigenvalue weighted by Gasteiger charge is 2.23. The van der Waals surface area contributed by atoms with Crippen LogP contribution in [0, 0.1) is 11.7 Å². The minimum Gasteiger partial charge on any atom is -0.455 e. The second-order valence-electron chi connectivity index (χ2n) is 6.64. The molecule has 2 rings (SSSR count). The molecule has 27 heavy (non-hydrogen) atoms. The molecule has 1 aromatic carbocycles. The number of benzene rings is 1. The van der Waals surface area contributed by atoms with Gasteiger partial charge >= 0.3 is 5.97 Å². The summed E-state index contributed by atoms with van der Waals surface area (Å²) in [6, 6.07) is 5.56. The van der Waals surface area contributed by atoms with E-state index in [-0.39, 0.29) is 41.8 Å². The first kappa shape index (κ1) is 21.2. The predicted octanol–water partition coefficient (Wildman–Crippen LogP) is 2.74. The van der Waals surface area contributed by atoms with Crippen molar-refractivity contribution in [2.75, 3.05) is 23.4 Å². The van der Waals surface area contributed by atoms with Gasteiger partial charge in [0.25, 0.3) is 5.91 Å². The van der Waals surface area contributed by atoms with Crippen LogP contribution in [0.4, 0.5) is 10.1 Å². The third kappa shape index (κ3) is 7.99. The fourth-order valence-electron chi connectivity index (χ4n) is 2.92. The summed E-state index contributed by atoms with van der Waals surface area (Å²) < 4.78 is 17.7. The first-order valence-electron chi connectivity index (χ1n) is 9.02. The summed E-state index contributed by atoms with van der Waals surface area (Å²) in [6.45, 7) is 1.81. The number of carbonyl (C=O) groups is 3. The Morgan fingerprint density at radius 2 is 1.81 bits per heavy atom. The third-order valence-electron chi connectivity index (χ3n) is 4.40. The Labute approximate surface area is 162 Å². The number of rotatable bonds is 8. The molecule has 0 spiro atoms. The quantitative estimate of drug-likeness (QED) is 0.660. The lowest BCUT2D eigenvalue weighted by atomic mass is 9.86. The van der Waals surface area contributed by atoms with Crippen LogP contribution in [0.25, 0.3) is 0 Å². The number of hydrogen-bond donors (Lipinski definition) is 2. The summed E-state index contributed by atoms with van der Waals surface area (Å²) in [5.41, 5.74) is 0.484. The molecule has 2 atom stereocenters. The number of thioether (sulfide) groups is 1. The molecule has 0 bridgehead atoms. The number of nitrogens with one attached hydrogen (secondary N) is 2. The Balaban J connectivity index is 1.58. The van der Waals surface area contributed by atoms with E-state index in [9.17, 15) is 18.8 Å². The lowest BCUT2D eigenvalue weighted by molar-refractivity contribution is -0.146. The van der Waals surface area contributed by atoms with Gasteiger partial charge in [0.15, 0.2) is 6.61 Å². The van der Waals surface area contributed by atoms with Crippen LogP contribution in [-0.4, -0.2) is 41.9 Å². The highest BCUT2D eigenvalue weighted by atomic mass is 32.2. The zero-order valence-corrected chi connectivity index (χ0v) is 16.1. The zero-order chi connectivity index (χ0) is 19.6. The van der Waals surface area contributed by atoms with Gasteiger partial charge < -0.3 is 15.4 Å². The lowest BCUT2D eigenvalue weighted by Crippen LogP contribution is -2.43. The predicted molar refractivity (Wildman–Crippen MR) is 103 cm³/mol. The second kappa shape index (κ2) is 10.9. The Morgan fingerprint density at radius 3 is 2.52 bits per heavy atom. The molecule has 0 heterocycles. The molecule has 1 aromatic rings. The van der Waals surface area contributed by atoms with E-state index in [1.165, 1.54) is 30.7 Å². The molecule has 0 saturated heterocycles. The van der Waals surface area contributed by atoms with Crippen molar-refractivity contribution in [3.05, 3.63) is 30.1 Å². The number of halogens is 1. The first-order chi connectivity index (χ1) is 12.9. The zero-order valence-electron chi connectivity index (χ0n) is 15.3. The smallest absolute Gasteiger partial charge is 0.316 e. The van der Waals surface area contributed by atoms with Crippen molar-refractivity contribution in [2.24, 2.45) is 5.92 Å². The van der Waals surface area contributed by atoms with Crippen molar-refractivity contribution < 1.29 is 23.5 Å². The van der Waals surface area contributed by atoms with Gasteiger partial charge in [0.2, 0.25) is 5.91 Å². The standard InChI is InChI=1S/C19H25FN2O4S/c1-13-4-2-3-5-16(13)22-17(23)10-26-19(25)12-27-11-18(24)21-15-8-6-14(20)7-9-15/h6-9,13,16H,2-5,10-12H2,1H3,(H,21,24)(H,22,23)/t13-,16+/m0/s1. The summed E-state index contributed by atoms with van der Waals surface area (Å²) in [7, 11) is 0. The minimum absolute atomic E-state index is 0.0239. The summed E-state index contributed by atoms with van der Waals surface area (Å²) >= 11 is 1.09. The average molecular weight is 396 g/mol. The van der Waals surface area contributed by atoms with Gasteiger partial charge in [-0.3, -0.25) is 14.4 Å². The average Bonchev–Trinajstić information content (AvgIpc) is 2.64. The van der Waals surface area contributed by atoms with Gasteiger partial charge in [0.05, 0.1) is 11.5 Å². The summed E-state index contributed by atoms with van der Waals surface area (Å²) in [6.07, 6.45) is 4.35. The number of amides is 2. The van der Waals surface area contributed by atoms with Crippen LogP contribution in [0.5, 0.6) is 0 Å². The summed E-state index contributed by atoms with van der Waals surface area (Å²) in [5.74, 6) is -1.05. The molecule has 148 valence electrons. The first-order valence-corrected chi connectivity index (χ1v) is 10.2. The fraction of sp³-hybridized carbons (Fsp3) is 0.526. The molecule has 0 radical (unpaired) electrons. The van der Waals surface area contributed by atoms with E-state index in [1.54, 1.807) is 0 Å². The van der Waals surface area contributed by atoms with Gasteiger partial charge in [0.1, 0.15) is 5.82 Å². The monoisotopic (exact) mass is 396 g/mol. The molecule has 2 N–H and O–H groups in total.